The molecule has 2 unspecified atom stereocenters. The zero-order valence-electron chi connectivity index (χ0n) is 13.7. The van der Waals surface area contributed by atoms with E-state index in [0.717, 1.165) is 55.4 Å². The van der Waals surface area contributed by atoms with Gasteiger partial charge in [0.1, 0.15) is 18.9 Å². The van der Waals surface area contributed by atoms with E-state index in [1.54, 1.807) is 12.1 Å². The summed E-state index contributed by atoms with van der Waals surface area (Å²) in [5.74, 6) is 2.14. The average molecular weight is 328 g/mol. The summed E-state index contributed by atoms with van der Waals surface area (Å²) in [5.41, 5.74) is 2.14. The first kappa shape index (κ1) is 15.0. The molecule has 3 aliphatic rings. The quantitative estimate of drug-likeness (QED) is 0.427. The molecule has 3 aliphatic heterocycles. The summed E-state index contributed by atoms with van der Waals surface area (Å²) < 4.78 is 2.38. The van der Waals surface area contributed by atoms with E-state index in [9.17, 15) is 10.1 Å². The molecule has 7 nitrogen and oxygen atoms in total. The molecule has 1 fully saturated rings. The van der Waals surface area contributed by atoms with Crippen LogP contribution in [0.25, 0.3) is 0 Å². The lowest BCUT2D eigenvalue weighted by Crippen LogP contribution is -2.41. The Morgan fingerprint density at radius 3 is 2.67 bits per heavy atom. The Kier molecular flexibility index (Phi) is 3.63. The molecule has 4 rings (SSSR count). The number of rotatable bonds is 2. The molecule has 24 heavy (non-hydrogen) atoms. The molecule has 7 heteroatoms. The van der Waals surface area contributed by atoms with Crippen LogP contribution in [0, 0.1) is 10.1 Å². The summed E-state index contributed by atoms with van der Waals surface area (Å²) >= 11 is 0. The second kappa shape index (κ2) is 5.81. The van der Waals surface area contributed by atoms with Crippen LogP contribution in [0.5, 0.6) is 0 Å². The van der Waals surface area contributed by atoms with Crippen LogP contribution >= 0.6 is 0 Å². The highest BCUT2D eigenvalue weighted by Gasteiger charge is 2.43. The van der Waals surface area contributed by atoms with E-state index in [4.69, 9.17) is 0 Å². The minimum absolute atomic E-state index is 0.00606. The van der Waals surface area contributed by atoms with Crippen LogP contribution in [0.1, 0.15) is 24.8 Å². The van der Waals surface area contributed by atoms with Crippen LogP contribution < -0.4 is 16.0 Å². The standard InChI is InChI=1S/C17H21N5O2/c1-11-10-13(12-4-2-3-5-14(12)22(23)24)15(16-18-6-7-19-16)17-20-8-9-21(11)17/h2-5,11,13H,6-10H2,1H3,(H2,18,19,20)/p+1. The molecule has 3 N–H and O–H groups in total. The van der Waals surface area contributed by atoms with Gasteiger partial charge >= 0.3 is 0 Å². The number of amidine groups is 1. The van der Waals surface area contributed by atoms with Gasteiger partial charge in [-0.05, 0) is 13.3 Å². The lowest BCUT2D eigenvalue weighted by Gasteiger charge is -2.29. The molecule has 1 aromatic carbocycles. The highest BCUT2D eigenvalue weighted by atomic mass is 16.6. The number of nitrogens with one attached hydrogen (secondary N) is 3. The maximum Gasteiger partial charge on any atom is 0.277 e. The molecular formula is C17H22N5O2+. The Labute approximate surface area is 140 Å². The van der Waals surface area contributed by atoms with Crippen molar-refractivity contribution in [3.05, 3.63) is 51.3 Å². The third-order valence-corrected chi connectivity index (χ3v) is 5.15. The van der Waals surface area contributed by atoms with E-state index in [1.807, 2.05) is 12.1 Å². The van der Waals surface area contributed by atoms with Crippen LogP contribution in [-0.2, 0) is 0 Å². The predicted octanol–water partition coefficient (Wildman–Crippen LogP) is 0.889. The van der Waals surface area contributed by atoms with Gasteiger partial charge in [-0.1, -0.05) is 18.2 Å². The lowest BCUT2D eigenvalue weighted by atomic mass is 9.81. The van der Waals surface area contributed by atoms with Crippen molar-refractivity contribution in [2.75, 3.05) is 26.2 Å². The summed E-state index contributed by atoms with van der Waals surface area (Å²) in [6.45, 7) is 5.86. The summed E-state index contributed by atoms with van der Waals surface area (Å²) in [4.78, 5) is 11.3. The van der Waals surface area contributed by atoms with Crippen molar-refractivity contribution in [2.45, 2.75) is 25.3 Å². The van der Waals surface area contributed by atoms with Crippen molar-refractivity contribution in [3.63, 3.8) is 0 Å². The van der Waals surface area contributed by atoms with Gasteiger partial charge in [-0.2, -0.15) is 0 Å². The van der Waals surface area contributed by atoms with Crippen molar-refractivity contribution in [3.8, 4) is 0 Å². The van der Waals surface area contributed by atoms with Crippen molar-refractivity contribution < 1.29 is 9.50 Å². The van der Waals surface area contributed by atoms with Crippen LogP contribution in [0.4, 0.5) is 5.69 Å². The van der Waals surface area contributed by atoms with Gasteiger partial charge in [0.05, 0.1) is 16.5 Å². The molecule has 0 aromatic heterocycles. The molecule has 0 radical (unpaired) electrons. The Morgan fingerprint density at radius 1 is 1.17 bits per heavy atom. The van der Waals surface area contributed by atoms with Gasteiger partial charge in [0.15, 0.2) is 0 Å². The van der Waals surface area contributed by atoms with Crippen molar-refractivity contribution in [2.24, 2.45) is 0 Å². The van der Waals surface area contributed by atoms with E-state index in [1.165, 1.54) is 0 Å². The highest BCUT2D eigenvalue weighted by molar-refractivity contribution is 5.98. The number of benzene rings is 1. The van der Waals surface area contributed by atoms with Crippen LogP contribution in [0.3, 0.4) is 0 Å². The largest absolute Gasteiger partial charge is 0.370 e. The number of nitrogens with zero attached hydrogens (tertiary/aromatic N) is 2. The van der Waals surface area contributed by atoms with E-state index >= 15 is 0 Å². The molecule has 0 spiro atoms. The van der Waals surface area contributed by atoms with Gasteiger partial charge < -0.3 is 10.6 Å². The summed E-state index contributed by atoms with van der Waals surface area (Å²) in [5, 5.41) is 21.9. The maximum absolute atomic E-state index is 11.5. The SMILES string of the molecule is CC1CC(c2ccccc2[N+](=O)[O-])C(=C2NCCN2)C2=[N+]1CCN2. The van der Waals surface area contributed by atoms with E-state index < -0.39 is 0 Å². The van der Waals surface area contributed by atoms with E-state index in [0.29, 0.717) is 6.04 Å². The predicted molar refractivity (Wildman–Crippen MR) is 91.1 cm³/mol. The summed E-state index contributed by atoms with van der Waals surface area (Å²) in [6.07, 6.45) is 0.873. The Hall–Kier alpha value is -2.57. The fourth-order valence-corrected chi connectivity index (χ4v) is 4.10. The van der Waals surface area contributed by atoms with Gasteiger partial charge in [-0.15, -0.1) is 0 Å². The Balaban J connectivity index is 1.88. The van der Waals surface area contributed by atoms with Gasteiger partial charge in [0, 0.05) is 30.6 Å². The number of nitro groups is 1. The highest BCUT2D eigenvalue weighted by Crippen LogP contribution is 2.39. The van der Waals surface area contributed by atoms with Crippen LogP contribution in [0.15, 0.2) is 35.7 Å². The molecule has 0 saturated carbocycles. The lowest BCUT2D eigenvalue weighted by molar-refractivity contribution is -0.557. The number of nitro benzene ring substituents is 1. The minimum atomic E-state index is -0.267. The fourth-order valence-electron chi connectivity index (χ4n) is 4.10. The van der Waals surface area contributed by atoms with Gasteiger partial charge in [0.25, 0.3) is 11.5 Å². The van der Waals surface area contributed by atoms with Crippen molar-refractivity contribution >= 4 is 11.5 Å². The Bertz CT molecular complexity index is 747. The second-order valence-corrected chi connectivity index (χ2v) is 6.56. The Morgan fingerprint density at radius 2 is 1.92 bits per heavy atom. The van der Waals surface area contributed by atoms with Crippen molar-refractivity contribution in [1.29, 1.82) is 0 Å². The zero-order valence-corrected chi connectivity index (χ0v) is 13.7. The smallest absolute Gasteiger partial charge is 0.277 e. The average Bonchev–Trinajstić information content (AvgIpc) is 3.26. The van der Waals surface area contributed by atoms with Gasteiger partial charge in [-0.3, -0.25) is 20.0 Å². The van der Waals surface area contributed by atoms with Crippen molar-refractivity contribution in [1.82, 2.24) is 16.0 Å². The molecular weight excluding hydrogens is 306 g/mol. The number of hydrogen-bond acceptors (Lipinski definition) is 5. The number of para-hydroxylation sites is 1. The molecule has 126 valence electrons. The first-order valence-corrected chi connectivity index (χ1v) is 8.50. The normalized spacial score (nSPS) is 25.9. The zero-order chi connectivity index (χ0) is 16.7. The third-order valence-electron chi connectivity index (χ3n) is 5.15. The van der Waals surface area contributed by atoms with E-state index in [2.05, 4.69) is 27.4 Å². The molecule has 0 bridgehead atoms. The topological polar surface area (TPSA) is 82.2 Å². The summed E-state index contributed by atoms with van der Waals surface area (Å²) in [7, 11) is 0. The molecule has 0 amide bonds. The molecule has 1 saturated heterocycles. The molecule has 2 atom stereocenters. The molecule has 1 aromatic rings. The molecule has 0 aliphatic carbocycles. The minimum Gasteiger partial charge on any atom is -0.370 e. The monoisotopic (exact) mass is 328 g/mol. The number of hydrogen-bond donors (Lipinski definition) is 3. The van der Waals surface area contributed by atoms with Gasteiger partial charge in [0.2, 0.25) is 0 Å². The van der Waals surface area contributed by atoms with E-state index in [-0.39, 0.29) is 16.5 Å². The fraction of sp³-hybridized carbons (Fsp3) is 0.471. The van der Waals surface area contributed by atoms with Gasteiger partial charge in [-0.25, -0.2) is 0 Å². The third kappa shape index (κ3) is 2.31. The van der Waals surface area contributed by atoms with Crippen LogP contribution in [-0.4, -0.2) is 47.6 Å². The second-order valence-electron chi connectivity index (χ2n) is 6.56. The first-order valence-electron chi connectivity index (χ1n) is 8.50. The van der Waals surface area contributed by atoms with Crippen LogP contribution in [0.2, 0.25) is 0 Å². The summed E-state index contributed by atoms with van der Waals surface area (Å²) in [6, 6.07) is 7.49. The first-order chi connectivity index (χ1) is 11.7. The maximum atomic E-state index is 11.5. The molecule has 3 heterocycles.